The fourth-order valence-electron chi connectivity index (χ4n) is 3.89. The van der Waals surface area contributed by atoms with Crippen molar-refractivity contribution in [1.29, 1.82) is 0 Å². The second-order valence-corrected chi connectivity index (χ2v) is 6.73. The van der Waals surface area contributed by atoms with Crippen LogP contribution in [0.1, 0.15) is 43.0 Å². The van der Waals surface area contributed by atoms with E-state index < -0.39 is 0 Å². The Kier molecular flexibility index (Phi) is 5.68. The second kappa shape index (κ2) is 7.94. The van der Waals surface area contributed by atoms with Gasteiger partial charge < -0.3 is 15.3 Å². The van der Waals surface area contributed by atoms with Gasteiger partial charge in [-0.3, -0.25) is 9.69 Å². The van der Waals surface area contributed by atoms with Crippen molar-refractivity contribution in [2.24, 2.45) is 0 Å². The first kappa shape index (κ1) is 17.2. The van der Waals surface area contributed by atoms with Gasteiger partial charge >= 0.3 is 0 Å². The molecule has 0 bridgehead atoms. The highest BCUT2D eigenvalue weighted by Crippen LogP contribution is 2.27. The molecular formula is C18H28N4O2. The van der Waals surface area contributed by atoms with Crippen molar-refractivity contribution in [2.75, 3.05) is 37.7 Å². The molecule has 2 saturated heterocycles. The van der Waals surface area contributed by atoms with Crippen molar-refractivity contribution in [3.63, 3.8) is 0 Å². The number of amides is 1. The van der Waals surface area contributed by atoms with E-state index in [1.165, 1.54) is 12.8 Å². The molecule has 0 radical (unpaired) electrons. The summed E-state index contributed by atoms with van der Waals surface area (Å²) < 4.78 is 0. The van der Waals surface area contributed by atoms with Gasteiger partial charge in [0.25, 0.3) is 5.91 Å². The molecule has 24 heavy (non-hydrogen) atoms. The van der Waals surface area contributed by atoms with Gasteiger partial charge in [-0.15, -0.1) is 0 Å². The highest BCUT2D eigenvalue weighted by molar-refractivity contribution is 5.94. The number of carbonyl (C=O) groups excluding carboxylic acids is 1. The average Bonchev–Trinajstić information content (AvgIpc) is 3.25. The molecule has 6 heteroatoms. The average molecular weight is 332 g/mol. The maximum atomic E-state index is 11.8. The molecule has 2 atom stereocenters. The lowest BCUT2D eigenvalue weighted by Crippen LogP contribution is -2.43. The summed E-state index contributed by atoms with van der Waals surface area (Å²) in [5.74, 6) is 0.877. The van der Waals surface area contributed by atoms with Gasteiger partial charge in [-0.05, 0) is 51.3 Å². The van der Waals surface area contributed by atoms with Crippen LogP contribution in [0.15, 0.2) is 18.3 Å². The van der Waals surface area contributed by atoms with Gasteiger partial charge in [-0.1, -0.05) is 0 Å². The molecule has 132 valence electrons. The van der Waals surface area contributed by atoms with Crippen molar-refractivity contribution in [1.82, 2.24) is 15.2 Å². The van der Waals surface area contributed by atoms with E-state index in [1.807, 2.05) is 19.1 Å². The third-order valence-corrected chi connectivity index (χ3v) is 5.17. The molecule has 2 unspecified atom stereocenters. The predicted molar refractivity (Wildman–Crippen MR) is 94.3 cm³/mol. The van der Waals surface area contributed by atoms with E-state index in [0.717, 1.165) is 38.3 Å². The lowest BCUT2D eigenvalue weighted by molar-refractivity contribution is 0.0955. The number of carbonyl (C=O) groups is 1. The number of nitrogens with one attached hydrogen (secondary N) is 1. The van der Waals surface area contributed by atoms with E-state index in [4.69, 9.17) is 0 Å². The standard InChI is InChI=1S/C18H28N4O2/c1-2-19-18(24)14-7-8-17(20-11-14)22-10-4-5-15(22)12-21-9-3-6-16(21)13-23/h7-8,11,15-16,23H,2-6,9-10,12-13H2,1H3,(H,19,24). The van der Waals surface area contributed by atoms with Crippen LogP contribution in [0.2, 0.25) is 0 Å². The van der Waals surface area contributed by atoms with Crippen molar-refractivity contribution < 1.29 is 9.90 Å². The van der Waals surface area contributed by atoms with Gasteiger partial charge in [0.15, 0.2) is 0 Å². The van der Waals surface area contributed by atoms with Gasteiger partial charge in [-0.25, -0.2) is 4.98 Å². The fraction of sp³-hybridized carbons (Fsp3) is 0.667. The molecule has 2 aliphatic rings. The summed E-state index contributed by atoms with van der Waals surface area (Å²) in [6, 6.07) is 4.58. The number of aromatic nitrogens is 1. The van der Waals surface area contributed by atoms with Crippen LogP contribution in [0.5, 0.6) is 0 Å². The number of nitrogens with zero attached hydrogens (tertiary/aromatic N) is 3. The zero-order chi connectivity index (χ0) is 16.9. The molecule has 0 saturated carbocycles. The van der Waals surface area contributed by atoms with Crippen LogP contribution in [-0.2, 0) is 0 Å². The Bertz CT molecular complexity index is 548. The molecule has 0 spiro atoms. The first-order valence-corrected chi connectivity index (χ1v) is 9.08. The Hall–Kier alpha value is -1.66. The van der Waals surface area contributed by atoms with Crippen molar-refractivity contribution in [2.45, 2.75) is 44.7 Å². The Morgan fingerprint density at radius 1 is 1.29 bits per heavy atom. The molecule has 1 amide bonds. The maximum Gasteiger partial charge on any atom is 0.252 e. The summed E-state index contributed by atoms with van der Waals surface area (Å²) in [6.07, 6.45) is 6.28. The number of rotatable bonds is 6. The van der Waals surface area contributed by atoms with Gasteiger partial charge in [0.05, 0.1) is 12.2 Å². The number of pyridine rings is 1. The van der Waals surface area contributed by atoms with E-state index in [-0.39, 0.29) is 12.5 Å². The van der Waals surface area contributed by atoms with Crippen molar-refractivity contribution >= 4 is 11.7 Å². The molecule has 3 heterocycles. The minimum absolute atomic E-state index is 0.0719. The van der Waals surface area contributed by atoms with Gasteiger partial charge in [0.1, 0.15) is 5.82 Å². The monoisotopic (exact) mass is 332 g/mol. The van der Waals surface area contributed by atoms with E-state index in [1.54, 1.807) is 6.20 Å². The summed E-state index contributed by atoms with van der Waals surface area (Å²) in [5.41, 5.74) is 0.608. The number of hydrogen-bond acceptors (Lipinski definition) is 5. The SMILES string of the molecule is CCNC(=O)c1ccc(N2CCCC2CN2CCCC2CO)nc1. The Morgan fingerprint density at radius 2 is 2.08 bits per heavy atom. The van der Waals surface area contributed by atoms with Gasteiger partial charge in [0.2, 0.25) is 0 Å². The summed E-state index contributed by atoms with van der Waals surface area (Å²) in [5, 5.41) is 12.3. The second-order valence-electron chi connectivity index (χ2n) is 6.73. The molecule has 0 aromatic carbocycles. The molecule has 6 nitrogen and oxygen atoms in total. The number of likely N-dealkylation sites (tertiary alicyclic amines) is 1. The van der Waals surface area contributed by atoms with E-state index in [2.05, 4.69) is 20.1 Å². The topological polar surface area (TPSA) is 68.7 Å². The van der Waals surface area contributed by atoms with Crippen LogP contribution in [-0.4, -0.2) is 65.8 Å². The van der Waals surface area contributed by atoms with E-state index in [0.29, 0.717) is 24.2 Å². The van der Waals surface area contributed by atoms with Crippen molar-refractivity contribution in [3.05, 3.63) is 23.9 Å². The number of anilines is 1. The Morgan fingerprint density at radius 3 is 2.79 bits per heavy atom. The largest absolute Gasteiger partial charge is 0.395 e. The molecule has 0 aliphatic carbocycles. The zero-order valence-corrected chi connectivity index (χ0v) is 14.4. The summed E-state index contributed by atoms with van der Waals surface area (Å²) in [6.45, 7) is 5.87. The van der Waals surface area contributed by atoms with Crippen LogP contribution in [0.25, 0.3) is 0 Å². The highest BCUT2D eigenvalue weighted by atomic mass is 16.3. The molecule has 2 N–H and O–H groups in total. The van der Waals surface area contributed by atoms with Crippen LogP contribution >= 0.6 is 0 Å². The molecule has 1 aromatic rings. The van der Waals surface area contributed by atoms with E-state index in [9.17, 15) is 9.90 Å². The third-order valence-electron chi connectivity index (χ3n) is 5.17. The molecule has 2 aliphatic heterocycles. The smallest absolute Gasteiger partial charge is 0.252 e. The lowest BCUT2D eigenvalue weighted by atomic mass is 10.1. The highest BCUT2D eigenvalue weighted by Gasteiger charge is 2.31. The summed E-state index contributed by atoms with van der Waals surface area (Å²) in [4.78, 5) is 21.1. The summed E-state index contributed by atoms with van der Waals surface area (Å²) in [7, 11) is 0. The zero-order valence-electron chi connectivity index (χ0n) is 14.4. The molecule has 1 aromatic heterocycles. The van der Waals surface area contributed by atoms with E-state index >= 15 is 0 Å². The maximum absolute atomic E-state index is 11.8. The first-order chi connectivity index (χ1) is 11.7. The first-order valence-electron chi connectivity index (χ1n) is 9.08. The Balaban J connectivity index is 1.65. The lowest BCUT2D eigenvalue weighted by Gasteiger charge is -2.32. The minimum Gasteiger partial charge on any atom is -0.395 e. The third kappa shape index (κ3) is 3.70. The quantitative estimate of drug-likeness (QED) is 0.821. The number of aliphatic hydroxyl groups excluding tert-OH is 1. The van der Waals surface area contributed by atoms with Crippen LogP contribution in [0.4, 0.5) is 5.82 Å². The molecular weight excluding hydrogens is 304 g/mol. The predicted octanol–water partition coefficient (Wildman–Crippen LogP) is 1.26. The van der Waals surface area contributed by atoms with Gasteiger partial charge in [0, 0.05) is 37.9 Å². The minimum atomic E-state index is -0.0719. The fourth-order valence-corrected chi connectivity index (χ4v) is 3.89. The number of aliphatic hydroxyl groups is 1. The van der Waals surface area contributed by atoms with Crippen molar-refractivity contribution in [3.8, 4) is 0 Å². The summed E-state index contributed by atoms with van der Waals surface area (Å²) >= 11 is 0. The Labute approximate surface area is 143 Å². The molecule has 3 rings (SSSR count). The van der Waals surface area contributed by atoms with Crippen LogP contribution in [0.3, 0.4) is 0 Å². The number of hydrogen-bond donors (Lipinski definition) is 2. The van der Waals surface area contributed by atoms with Gasteiger partial charge in [-0.2, -0.15) is 0 Å². The van der Waals surface area contributed by atoms with Crippen LogP contribution in [0, 0.1) is 0 Å². The normalized spacial score (nSPS) is 24.5. The molecule has 2 fully saturated rings. The van der Waals surface area contributed by atoms with Crippen LogP contribution < -0.4 is 10.2 Å².